The third-order valence-electron chi connectivity index (χ3n) is 5.44. The zero-order valence-electron chi connectivity index (χ0n) is 18.4. The number of methoxy groups -OCH3 is 1. The highest BCUT2D eigenvalue weighted by Gasteiger charge is 2.47. The lowest BCUT2D eigenvalue weighted by Gasteiger charge is -2.26. The summed E-state index contributed by atoms with van der Waals surface area (Å²) >= 11 is 6.09. The van der Waals surface area contributed by atoms with Crippen molar-refractivity contribution in [2.45, 2.75) is 13.0 Å². The number of carbonyl (C=O) groups is 3. The minimum atomic E-state index is -0.957. The Balaban J connectivity index is 1.92. The van der Waals surface area contributed by atoms with E-state index in [2.05, 4.69) is 5.32 Å². The van der Waals surface area contributed by atoms with Crippen molar-refractivity contribution >= 4 is 46.3 Å². The predicted molar refractivity (Wildman–Crippen MR) is 130 cm³/mol. The molecule has 1 unspecified atom stereocenters. The Kier molecular flexibility index (Phi) is 6.38. The molecule has 1 aliphatic heterocycles. The maximum absolute atomic E-state index is 13.3. The monoisotopic (exact) mass is 476 g/mol. The zero-order chi connectivity index (χ0) is 24.4. The number of halogens is 1. The van der Waals surface area contributed by atoms with Crippen molar-refractivity contribution in [3.05, 3.63) is 94.5 Å². The number of Topliss-reactive ketones (excluding diaryl/α,β-unsaturated/α-hetero) is 1. The second kappa shape index (κ2) is 9.41. The maximum atomic E-state index is 13.3. The minimum absolute atomic E-state index is 0.0808. The standard InChI is InChI=1S/C26H21ClN2O5/c1-15(30)28-18-10-12-19(13-11-18)29-23(20-8-3-4-9-21(20)34-2)22(25(32)26(29)33)24(31)16-6-5-7-17(27)14-16/h3-14,23,31H,1-2H3,(H,28,30)/b24-22-. The normalized spacial score (nSPS) is 17.0. The van der Waals surface area contributed by atoms with Crippen molar-refractivity contribution in [1.82, 2.24) is 0 Å². The number of para-hydroxylation sites is 1. The molecule has 0 aliphatic carbocycles. The third-order valence-corrected chi connectivity index (χ3v) is 5.68. The summed E-state index contributed by atoms with van der Waals surface area (Å²) < 4.78 is 5.51. The Morgan fingerprint density at radius 3 is 2.38 bits per heavy atom. The largest absolute Gasteiger partial charge is 0.507 e. The fourth-order valence-electron chi connectivity index (χ4n) is 3.99. The van der Waals surface area contributed by atoms with Gasteiger partial charge in [-0.05, 0) is 42.5 Å². The number of aliphatic hydroxyl groups excluding tert-OH is 1. The number of amides is 2. The molecule has 34 heavy (non-hydrogen) atoms. The molecular weight excluding hydrogens is 456 g/mol. The Bertz CT molecular complexity index is 1320. The molecule has 0 spiro atoms. The molecular formula is C26H21ClN2O5. The second-order valence-corrected chi connectivity index (χ2v) is 8.09. The van der Waals surface area contributed by atoms with Gasteiger partial charge in [0.1, 0.15) is 11.5 Å². The van der Waals surface area contributed by atoms with E-state index in [1.54, 1.807) is 66.7 Å². The van der Waals surface area contributed by atoms with Gasteiger partial charge in [-0.15, -0.1) is 0 Å². The Morgan fingerprint density at radius 2 is 1.74 bits per heavy atom. The molecule has 0 bridgehead atoms. The topological polar surface area (TPSA) is 95.9 Å². The predicted octanol–water partition coefficient (Wildman–Crippen LogP) is 4.93. The van der Waals surface area contributed by atoms with Gasteiger partial charge in [0.05, 0.1) is 18.7 Å². The van der Waals surface area contributed by atoms with Crippen LogP contribution in [0.2, 0.25) is 5.02 Å². The summed E-state index contributed by atoms with van der Waals surface area (Å²) in [5.41, 5.74) is 1.71. The van der Waals surface area contributed by atoms with E-state index in [0.29, 0.717) is 33.3 Å². The number of benzene rings is 3. The number of hydrogen-bond donors (Lipinski definition) is 2. The van der Waals surface area contributed by atoms with Crippen LogP contribution in [0.25, 0.3) is 5.76 Å². The molecule has 8 heteroatoms. The van der Waals surface area contributed by atoms with Crippen molar-refractivity contribution < 1.29 is 24.2 Å². The molecule has 7 nitrogen and oxygen atoms in total. The smallest absolute Gasteiger partial charge is 0.300 e. The van der Waals surface area contributed by atoms with Gasteiger partial charge in [-0.2, -0.15) is 0 Å². The summed E-state index contributed by atoms with van der Waals surface area (Å²) in [5, 5.41) is 14.2. The highest BCUT2D eigenvalue weighted by Crippen LogP contribution is 2.45. The van der Waals surface area contributed by atoms with Crippen molar-refractivity contribution in [3.63, 3.8) is 0 Å². The molecule has 172 valence electrons. The fourth-order valence-corrected chi connectivity index (χ4v) is 4.18. The summed E-state index contributed by atoms with van der Waals surface area (Å²) in [6, 6.07) is 19.0. The van der Waals surface area contributed by atoms with E-state index >= 15 is 0 Å². The molecule has 4 rings (SSSR count). The highest BCUT2D eigenvalue weighted by molar-refractivity contribution is 6.51. The summed E-state index contributed by atoms with van der Waals surface area (Å²) in [6.45, 7) is 1.39. The molecule has 3 aromatic carbocycles. The highest BCUT2D eigenvalue weighted by atomic mass is 35.5. The Hall–Kier alpha value is -4.10. The second-order valence-electron chi connectivity index (χ2n) is 7.65. The van der Waals surface area contributed by atoms with Crippen LogP contribution in [-0.4, -0.2) is 29.8 Å². The average molecular weight is 477 g/mol. The molecule has 2 N–H and O–H groups in total. The molecule has 1 heterocycles. The van der Waals surface area contributed by atoms with E-state index in [1.165, 1.54) is 25.0 Å². The van der Waals surface area contributed by atoms with Gasteiger partial charge in [0.15, 0.2) is 0 Å². The summed E-state index contributed by atoms with van der Waals surface area (Å²) in [6.07, 6.45) is 0. The van der Waals surface area contributed by atoms with Crippen LogP contribution in [0, 0.1) is 0 Å². The first-order valence-electron chi connectivity index (χ1n) is 10.4. The first kappa shape index (κ1) is 23.1. The van der Waals surface area contributed by atoms with Gasteiger partial charge in [0.2, 0.25) is 5.91 Å². The summed E-state index contributed by atoms with van der Waals surface area (Å²) in [4.78, 5) is 39.2. The molecule has 1 fully saturated rings. The molecule has 3 aromatic rings. The van der Waals surface area contributed by atoms with Crippen molar-refractivity contribution in [2.75, 3.05) is 17.3 Å². The van der Waals surface area contributed by atoms with E-state index in [4.69, 9.17) is 16.3 Å². The van der Waals surface area contributed by atoms with E-state index in [0.717, 1.165) is 0 Å². The van der Waals surface area contributed by atoms with E-state index in [1.807, 2.05) is 0 Å². The van der Waals surface area contributed by atoms with E-state index in [9.17, 15) is 19.5 Å². The van der Waals surface area contributed by atoms with Crippen LogP contribution in [-0.2, 0) is 14.4 Å². The SMILES string of the molecule is COc1ccccc1C1/C(=C(/O)c2cccc(Cl)c2)C(=O)C(=O)N1c1ccc(NC(C)=O)cc1. The number of nitrogens with one attached hydrogen (secondary N) is 1. The molecule has 0 aromatic heterocycles. The first-order chi connectivity index (χ1) is 16.3. The van der Waals surface area contributed by atoms with E-state index in [-0.39, 0.29) is 17.2 Å². The van der Waals surface area contributed by atoms with Crippen LogP contribution in [0.3, 0.4) is 0 Å². The van der Waals surface area contributed by atoms with Crippen molar-refractivity contribution in [1.29, 1.82) is 0 Å². The lowest BCUT2D eigenvalue weighted by atomic mass is 9.94. The number of ketones is 1. The quantitative estimate of drug-likeness (QED) is 0.309. The Morgan fingerprint density at radius 1 is 1.03 bits per heavy atom. The number of carbonyl (C=O) groups excluding carboxylic acids is 3. The Labute approximate surface area is 201 Å². The molecule has 1 aliphatic rings. The lowest BCUT2D eigenvalue weighted by Crippen LogP contribution is -2.29. The number of nitrogens with zero attached hydrogens (tertiary/aromatic N) is 1. The molecule has 1 saturated heterocycles. The van der Waals surface area contributed by atoms with Gasteiger partial charge in [0, 0.05) is 34.4 Å². The molecule has 0 radical (unpaired) electrons. The van der Waals surface area contributed by atoms with Gasteiger partial charge >= 0.3 is 0 Å². The van der Waals surface area contributed by atoms with Crippen LogP contribution >= 0.6 is 11.6 Å². The van der Waals surface area contributed by atoms with Crippen molar-refractivity contribution in [2.24, 2.45) is 0 Å². The lowest BCUT2D eigenvalue weighted by molar-refractivity contribution is -0.132. The molecule has 2 amide bonds. The summed E-state index contributed by atoms with van der Waals surface area (Å²) in [5.74, 6) is -1.75. The minimum Gasteiger partial charge on any atom is -0.507 e. The number of ether oxygens (including phenoxy) is 1. The number of aliphatic hydroxyl groups is 1. The van der Waals surface area contributed by atoms with Gasteiger partial charge in [-0.1, -0.05) is 41.9 Å². The van der Waals surface area contributed by atoms with Gasteiger partial charge < -0.3 is 15.2 Å². The van der Waals surface area contributed by atoms with Gasteiger partial charge in [0.25, 0.3) is 11.7 Å². The van der Waals surface area contributed by atoms with Gasteiger partial charge in [-0.25, -0.2) is 0 Å². The van der Waals surface area contributed by atoms with E-state index < -0.39 is 17.7 Å². The van der Waals surface area contributed by atoms with Crippen LogP contribution in [0.15, 0.2) is 78.4 Å². The average Bonchev–Trinajstić information content (AvgIpc) is 3.09. The maximum Gasteiger partial charge on any atom is 0.300 e. The van der Waals surface area contributed by atoms with Crippen molar-refractivity contribution in [3.8, 4) is 5.75 Å². The first-order valence-corrected chi connectivity index (χ1v) is 10.8. The van der Waals surface area contributed by atoms with Gasteiger partial charge in [-0.3, -0.25) is 19.3 Å². The van der Waals surface area contributed by atoms with Crippen LogP contribution in [0.1, 0.15) is 24.1 Å². The number of rotatable bonds is 5. The molecule has 0 saturated carbocycles. The third kappa shape index (κ3) is 4.25. The van der Waals surface area contributed by atoms with Crippen LogP contribution in [0.5, 0.6) is 5.75 Å². The zero-order valence-corrected chi connectivity index (χ0v) is 19.2. The number of hydrogen-bond acceptors (Lipinski definition) is 5. The number of anilines is 2. The summed E-state index contributed by atoms with van der Waals surface area (Å²) in [7, 11) is 1.49. The fraction of sp³-hybridized carbons (Fsp3) is 0.115. The van der Waals surface area contributed by atoms with Crippen LogP contribution in [0.4, 0.5) is 11.4 Å². The van der Waals surface area contributed by atoms with Crippen LogP contribution < -0.4 is 15.0 Å². The molecule has 1 atom stereocenters.